The Morgan fingerprint density at radius 1 is 1.31 bits per heavy atom. The van der Waals surface area contributed by atoms with E-state index >= 15 is 0 Å². The lowest BCUT2D eigenvalue weighted by atomic mass is 9.93. The first-order chi connectivity index (χ1) is 12.6. The highest BCUT2D eigenvalue weighted by atomic mass is 127. The summed E-state index contributed by atoms with van der Waals surface area (Å²) >= 11 is 0.138. The maximum atomic E-state index is 13.0. The van der Waals surface area contributed by atoms with E-state index in [1.807, 2.05) is 30.3 Å². The number of halogens is 1. The average Bonchev–Trinajstić information content (AvgIpc) is 2.66. The first kappa shape index (κ1) is 19.0. The van der Waals surface area contributed by atoms with Gasteiger partial charge in [-0.05, 0) is 63.6 Å². The van der Waals surface area contributed by atoms with E-state index in [0.29, 0.717) is 13.0 Å². The second-order valence-electron chi connectivity index (χ2n) is 6.34. The Labute approximate surface area is 164 Å². The highest BCUT2D eigenvalue weighted by Crippen LogP contribution is 2.31. The van der Waals surface area contributed by atoms with Crippen LogP contribution in [0, 0.1) is 0 Å². The Morgan fingerprint density at radius 2 is 2.12 bits per heavy atom. The van der Waals surface area contributed by atoms with E-state index in [1.165, 1.54) is 19.1 Å². The molecule has 1 aliphatic heterocycles. The van der Waals surface area contributed by atoms with Crippen molar-refractivity contribution in [3.8, 4) is 5.75 Å². The van der Waals surface area contributed by atoms with E-state index in [-0.39, 0.29) is 32.6 Å². The smallest absolute Gasteiger partial charge is 0.232 e. The standard InChI is InChI=1S/C21H25IN2O2/c1-14-19-13-16(8-7-15(19)9-11-22-14)24-21(25)18(10-12-23)17-5-3-4-6-20(17)26-2/h3-8,13,18H,9-12,23H2,1-2H3,(H,24,25). The van der Waals surface area contributed by atoms with Crippen molar-refractivity contribution >= 4 is 35.8 Å². The fraction of sp³-hybridized carbons (Fsp3) is 0.333. The Balaban J connectivity index is 1.85. The number of hydrogen-bond donors (Lipinski definition) is 2. The van der Waals surface area contributed by atoms with Gasteiger partial charge in [0.05, 0.1) is 13.0 Å². The molecule has 0 aromatic heterocycles. The molecule has 3 rings (SSSR count). The number of methoxy groups -OCH3 is 1. The third-order valence-electron chi connectivity index (χ3n) is 4.69. The SMILES string of the molecule is COc1ccccc1C(CCN)C(=O)Nc1ccc2c(c1)C(C)=ICC2. The fourth-order valence-corrected chi connectivity index (χ4v) is 5.91. The van der Waals surface area contributed by atoms with Crippen LogP contribution in [-0.4, -0.2) is 27.5 Å². The lowest BCUT2D eigenvalue weighted by Gasteiger charge is -2.20. The summed E-state index contributed by atoms with van der Waals surface area (Å²) in [6.45, 7) is 2.67. The minimum absolute atomic E-state index is 0.0388. The molecule has 0 bridgehead atoms. The number of hydrogen-bond acceptors (Lipinski definition) is 3. The molecule has 5 heteroatoms. The third kappa shape index (κ3) is 4.15. The van der Waals surface area contributed by atoms with Crippen LogP contribution >= 0.6 is 20.7 Å². The summed E-state index contributed by atoms with van der Waals surface area (Å²) in [5.41, 5.74) is 10.2. The topological polar surface area (TPSA) is 64.3 Å². The van der Waals surface area contributed by atoms with Crippen molar-refractivity contribution in [3.63, 3.8) is 0 Å². The lowest BCUT2D eigenvalue weighted by molar-refractivity contribution is -0.117. The molecule has 1 unspecified atom stereocenters. The number of nitrogens with two attached hydrogens (primary N) is 1. The van der Waals surface area contributed by atoms with E-state index in [0.717, 1.165) is 23.4 Å². The molecule has 138 valence electrons. The summed E-state index contributed by atoms with van der Waals surface area (Å²) < 4.78 is 8.26. The Kier molecular flexibility index (Phi) is 6.43. The minimum atomic E-state index is -0.329. The van der Waals surface area contributed by atoms with Gasteiger partial charge in [0.2, 0.25) is 5.91 Å². The summed E-state index contributed by atoms with van der Waals surface area (Å²) in [7, 11) is 1.63. The van der Waals surface area contributed by atoms with Gasteiger partial charge in [-0.1, -0.05) is 24.3 Å². The van der Waals surface area contributed by atoms with E-state index in [2.05, 4.69) is 24.4 Å². The summed E-state index contributed by atoms with van der Waals surface area (Å²) in [5, 5.41) is 3.10. The van der Waals surface area contributed by atoms with Gasteiger partial charge >= 0.3 is 0 Å². The minimum Gasteiger partial charge on any atom is -0.496 e. The Bertz CT molecular complexity index is 833. The van der Waals surface area contributed by atoms with Crippen molar-refractivity contribution in [2.24, 2.45) is 5.73 Å². The fourth-order valence-electron chi connectivity index (χ4n) is 3.33. The van der Waals surface area contributed by atoms with Crippen molar-refractivity contribution in [3.05, 3.63) is 59.2 Å². The van der Waals surface area contributed by atoms with Crippen molar-refractivity contribution in [2.45, 2.75) is 25.7 Å². The Morgan fingerprint density at radius 3 is 2.88 bits per heavy atom. The van der Waals surface area contributed by atoms with Gasteiger partial charge in [-0.15, -0.1) is 20.7 Å². The highest BCUT2D eigenvalue weighted by Gasteiger charge is 2.23. The number of aryl methyl sites for hydroxylation is 1. The van der Waals surface area contributed by atoms with E-state index < -0.39 is 0 Å². The van der Waals surface area contributed by atoms with Gasteiger partial charge in [0, 0.05) is 11.3 Å². The number of benzene rings is 2. The number of ether oxygens (including phenoxy) is 1. The molecule has 0 spiro atoms. The largest absolute Gasteiger partial charge is 0.496 e. The number of nitrogens with one attached hydrogen (secondary N) is 1. The zero-order valence-corrected chi connectivity index (χ0v) is 17.4. The number of alkyl halides is 1. The second-order valence-corrected chi connectivity index (χ2v) is 9.80. The van der Waals surface area contributed by atoms with Crippen LogP contribution in [0.1, 0.15) is 36.0 Å². The maximum Gasteiger partial charge on any atom is 0.232 e. The molecular formula is C21H25IN2O2. The highest BCUT2D eigenvalue weighted by molar-refractivity contribution is 14.2. The summed E-state index contributed by atoms with van der Waals surface area (Å²) in [4.78, 5) is 13.0. The molecule has 1 aliphatic rings. The average molecular weight is 464 g/mol. The molecular weight excluding hydrogens is 439 g/mol. The normalized spacial score (nSPS) is 14.5. The number of fused-ring (bicyclic) bond motifs is 1. The first-order valence-electron chi connectivity index (χ1n) is 8.84. The molecule has 4 nitrogen and oxygen atoms in total. The van der Waals surface area contributed by atoms with Crippen molar-refractivity contribution in [1.29, 1.82) is 0 Å². The van der Waals surface area contributed by atoms with Crippen LogP contribution in [0.2, 0.25) is 0 Å². The van der Waals surface area contributed by atoms with Gasteiger partial charge in [-0.2, -0.15) is 0 Å². The van der Waals surface area contributed by atoms with Gasteiger partial charge < -0.3 is 15.8 Å². The molecule has 2 aromatic rings. The molecule has 0 fully saturated rings. The molecule has 0 saturated carbocycles. The van der Waals surface area contributed by atoms with Crippen LogP contribution in [0.15, 0.2) is 42.5 Å². The van der Waals surface area contributed by atoms with Crippen LogP contribution in [0.4, 0.5) is 5.69 Å². The van der Waals surface area contributed by atoms with Crippen LogP contribution in [0.5, 0.6) is 5.75 Å². The molecule has 1 heterocycles. The molecule has 0 radical (unpaired) electrons. The maximum absolute atomic E-state index is 13.0. The van der Waals surface area contributed by atoms with E-state index in [4.69, 9.17) is 10.5 Å². The molecule has 2 aromatic carbocycles. The number of carbonyl (C=O) groups excluding carboxylic acids is 1. The van der Waals surface area contributed by atoms with Gasteiger partial charge in [0.1, 0.15) is 5.75 Å². The predicted molar refractivity (Wildman–Crippen MR) is 117 cm³/mol. The Hall–Kier alpha value is -1.73. The molecule has 0 saturated heterocycles. The zero-order chi connectivity index (χ0) is 18.5. The van der Waals surface area contributed by atoms with E-state index in [9.17, 15) is 4.79 Å². The zero-order valence-electron chi connectivity index (χ0n) is 15.2. The number of amides is 1. The van der Waals surface area contributed by atoms with Crippen LogP contribution in [0.25, 0.3) is 0 Å². The molecule has 1 amide bonds. The monoisotopic (exact) mass is 464 g/mol. The second kappa shape index (κ2) is 8.77. The molecule has 0 aliphatic carbocycles. The number of para-hydroxylation sites is 1. The van der Waals surface area contributed by atoms with Crippen LogP contribution in [-0.2, 0) is 11.2 Å². The van der Waals surface area contributed by atoms with E-state index in [1.54, 1.807) is 7.11 Å². The third-order valence-corrected chi connectivity index (χ3v) is 7.50. The van der Waals surface area contributed by atoms with Gasteiger partial charge in [0.15, 0.2) is 0 Å². The molecule has 3 N–H and O–H groups in total. The quantitative estimate of drug-likeness (QED) is 0.505. The predicted octanol–water partition coefficient (Wildman–Crippen LogP) is 3.83. The number of carbonyl (C=O) groups is 1. The summed E-state index contributed by atoms with van der Waals surface area (Å²) in [6.07, 6.45) is 1.74. The van der Waals surface area contributed by atoms with Crippen molar-refractivity contribution in [2.75, 3.05) is 23.4 Å². The van der Waals surface area contributed by atoms with Gasteiger partial charge in [-0.25, -0.2) is 0 Å². The van der Waals surface area contributed by atoms with Crippen molar-refractivity contribution in [1.82, 2.24) is 0 Å². The lowest BCUT2D eigenvalue weighted by Crippen LogP contribution is -2.24. The molecule has 1 atom stereocenters. The van der Waals surface area contributed by atoms with Crippen LogP contribution < -0.4 is 15.8 Å². The molecule has 26 heavy (non-hydrogen) atoms. The number of rotatable bonds is 6. The first-order valence-corrected chi connectivity index (χ1v) is 11.4. The van der Waals surface area contributed by atoms with Crippen molar-refractivity contribution < 1.29 is 9.53 Å². The van der Waals surface area contributed by atoms with Gasteiger partial charge in [0.25, 0.3) is 0 Å². The number of anilines is 1. The summed E-state index contributed by atoms with van der Waals surface area (Å²) in [5.74, 6) is 0.355. The summed E-state index contributed by atoms with van der Waals surface area (Å²) in [6, 6.07) is 13.9. The van der Waals surface area contributed by atoms with Crippen LogP contribution in [0.3, 0.4) is 0 Å². The van der Waals surface area contributed by atoms with Gasteiger partial charge in [-0.3, -0.25) is 4.79 Å².